The van der Waals surface area contributed by atoms with Gasteiger partial charge in [0.1, 0.15) is 0 Å². The van der Waals surface area contributed by atoms with Crippen LogP contribution in [0.4, 0.5) is 0 Å². The van der Waals surface area contributed by atoms with Crippen LogP contribution in [0.1, 0.15) is 53.7 Å². The first-order valence-corrected chi connectivity index (χ1v) is 9.68. The zero-order valence-electron chi connectivity index (χ0n) is 17.6. The Morgan fingerprint density at radius 1 is 1.25 bits per heavy atom. The van der Waals surface area contributed by atoms with E-state index in [0.29, 0.717) is 25.1 Å². The molecule has 2 rings (SSSR count). The van der Waals surface area contributed by atoms with E-state index in [2.05, 4.69) is 17.2 Å². The van der Waals surface area contributed by atoms with Crippen molar-refractivity contribution < 1.29 is 25.4 Å². The zero-order valence-corrected chi connectivity index (χ0v) is 16.6. The maximum atomic E-state index is 12.4. The summed E-state index contributed by atoms with van der Waals surface area (Å²) >= 11 is 0. The topological polar surface area (TPSA) is 108 Å². The molecule has 0 aromatic heterocycles. The molecule has 9 heteroatoms. The molecular formula is C19H30N4O5. The lowest BCUT2D eigenvalue weighted by Crippen LogP contribution is -2.46. The molecule has 0 aliphatic carbocycles. The summed E-state index contributed by atoms with van der Waals surface area (Å²) in [4.78, 5) is 54.4. The normalized spacial score (nSPS) is 23.1. The fraction of sp³-hybridized carbons (Fsp3) is 0.684. The predicted molar refractivity (Wildman–Crippen MR) is 101 cm³/mol. The molecule has 0 radical (unpaired) electrons. The van der Waals surface area contributed by atoms with E-state index in [9.17, 15) is 19.2 Å². The third-order valence-electron chi connectivity index (χ3n) is 4.67. The van der Waals surface area contributed by atoms with Crippen LogP contribution in [0.2, 0.25) is 0 Å². The second-order valence-electron chi connectivity index (χ2n) is 7.16. The van der Waals surface area contributed by atoms with Gasteiger partial charge in [-0.05, 0) is 39.7 Å². The van der Waals surface area contributed by atoms with E-state index in [1.165, 1.54) is 0 Å². The molecule has 0 spiro atoms. The first-order chi connectivity index (χ1) is 13.6. The molecule has 0 bridgehead atoms. The minimum atomic E-state index is -1.29. The first kappa shape index (κ1) is 20.3. The van der Waals surface area contributed by atoms with Gasteiger partial charge >= 0.3 is 5.97 Å². The summed E-state index contributed by atoms with van der Waals surface area (Å²) < 4.78 is 8.47. The van der Waals surface area contributed by atoms with Crippen molar-refractivity contribution in [2.24, 2.45) is 0 Å². The van der Waals surface area contributed by atoms with Crippen LogP contribution in [-0.4, -0.2) is 65.3 Å². The zero-order chi connectivity index (χ0) is 21.6. The Kier molecular flexibility index (Phi) is 7.41. The molecular weight excluding hydrogens is 370 g/mol. The van der Waals surface area contributed by atoms with Crippen molar-refractivity contribution in [2.45, 2.75) is 64.4 Å². The highest BCUT2D eigenvalue weighted by molar-refractivity contribution is 5.83. The predicted octanol–water partition coefficient (Wildman–Crippen LogP) is 0.466. The van der Waals surface area contributed by atoms with Crippen LogP contribution in [0, 0.1) is 0 Å². The van der Waals surface area contributed by atoms with Crippen LogP contribution in [0.15, 0.2) is 12.3 Å². The van der Waals surface area contributed by atoms with E-state index in [1.54, 1.807) is 0 Å². The fourth-order valence-electron chi connectivity index (χ4n) is 3.19. The quantitative estimate of drug-likeness (QED) is 0.429. The summed E-state index contributed by atoms with van der Waals surface area (Å²) in [6, 6.07) is -1.19. The number of allylic oxidation sites excluding steroid dienone is 1. The number of carbonyl (C=O) groups is 4. The lowest BCUT2D eigenvalue weighted by atomic mass is 10.2. The Morgan fingerprint density at radius 3 is 2.61 bits per heavy atom. The lowest BCUT2D eigenvalue weighted by molar-refractivity contribution is -0.186. The van der Waals surface area contributed by atoms with Crippen LogP contribution < -0.4 is 10.6 Å². The van der Waals surface area contributed by atoms with Gasteiger partial charge in [-0.25, -0.2) is 4.79 Å². The van der Waals surface area contributed by atoms with Gasteiger partial charge in [0.25, 0.3) is 5.91 Å². The minimum absolute atomic E-state index is 0.0416. The van der Waals surface area contributed by atoms with Crippen LogP contribution in [-0.2, 0) is 24.0 Å². The largest absolute Gasteiger partial charge is 0.355 e. The summed E-state index contributed by atoms with van der Waals surface area (Å²) in [5, 5.41) is 6.13. The Labute approximate surface area is 166 Å². The van der Waals surface area contributed by atoms with Gasteiger partial charge in [0, 0.05) is 32.0 Å². The van der Waals surface area contributed by atoms with E-state index in [1.807, 2.05) is 18.7 Å². The van der Waals surface area contributed by atoms with Gasteiger partial charge in [0.15, 0.2) is 0 Å². The molecule has 2 aliphatic rings. The van der Waals surface area contributed by atoms with Gasteiger partial charge in [0.2, 0.25) is 11.8 Å². The molecule has 2 N–H and O–H groups in total. The smallest absolute Gasteiger partial charge is 0.334 e. The second-order valence-corrected chi connectivity index (χ2v) is 7.16. The molecule has 0 saturated carbocycles. The van der Waals surface area contributed by atoms with Crippen molar-refractivity contribution in [2.75, 3.05) is 19.6 Å². The summed E-state index contributed by atoms with van der Waals surface area (Å²) in [7, 11) is 0. The summed E-state index contributed by atoms with van der Waals surface area (Å²) in [5.41, 5.74) is 0.439. The highest BCUT2D eigenvalue weighted by atomic mass is 16.8. The number of hydrogen-bond acceptors (Lipinski definition) is 6. The molecule has 9 nitrogen and oxygen atoms in total. The van der Waals surface area contributed by atoms with Gasteiger partial charge in [-0.2, -0.15) is 0 Å². The van der Waals surface area contributed by atoms with E-state index in [-0.39, 0.29) is 50.2 Å². The van der Waals surface area contributed by atoms with Gasteiger partial charge in [0.05, 0.1) is 19.5 Å². The van der Waals surface area contributed by atoms with Crippen LogP contribution >= 0.6 is 0 Å². The third-order valence-corrected chi connectivity index (χ3v) is 4.67. The number of nitrogens with zero attached hydrogens (tertiary/aromatic N) is 2. The van der Waals surface area contributed by atoms with E-state index in [0.717, 1.165) is 11.5 Å². The number of amides is 3. The highest BCUT2D eigenvalue weighted by Gasteiger charge is 2.32. The van der Waals surface area contributed by atoms with Crippen molar-refractivity contribution in [3.8, 4) is 0 Å². The first-order valence-electron chi connectivity index (χ1n) is 10.2. The van der Waals surface area contributed by atoms with Crippen molar-refractivity contribution in [3.05, 3.63) is 12.3 Å². The fourth-order valence-corrected chi connectivity index (χ4v) is 3.19. The van der Waals surface area contributed by atoms with Crippen molar-refractivity contribution in [1.82, 2.24) is 20.6 Å². The molecule has 2 fully saturated rings. The number of likely N-dealkylation sites (tertiary alicyclic amines) is 1. The molecule has 0 aromatic rings. The maximum Gasteiger partial charge on any atom is 0.334 e. The van der Waals surface area contributed by atoms with Gasteiger partial charge < -0.3 is 15.5 Å². The number of hydrogen-bond donors (Lipinski definition) is 2. The molecule has 0 aromatic carbocycles. The number of rotatable bonds is 9. The summed E-state index contributed by atoms with van der Waals surface area (Å²) in [6.07, 6.45) is 1.94. The second kappa shape index (κ2) is 10.2. The molecule has 2 aliphatic heterocycles. The van der Waals surface area contributed by atoms with Crippen molar-refractivity contribution >= 4 is 23.7 Å². The van der Waals surface area contributed by atoms with Gasteiger partial charge in [-0.1, -0.05) is 6.58 Å². The Balaban J connectivity index is 1.63. The summed E-state index contributed by atoms with van der Waals surface area (Å²) in [6.45, 7) is 8.44. The SMILES string of the molecule is [2H]C1(C(=O)NCCC(=O)[15NH]C[13CH2][13C](=O)ON2C(=C)CCC2=O)CCCN1[13CH]([13CH3])[13CH3]. The van der Waals surface area contributed by atoms with Crippen molar-refractivity contribution in [1.29, 1.82) is 0 Å². The van der Waals surface area contributed by atoms with E-state index >= 15 is 0 Å². The standard InChI is InChI=1S/C19H30N4O5/c1-13(2)22-12-4-5-15(22)19(27)21-10-8-16(24)20-11-9-18(26)28-23-14(3)6-7-17(23)25/h13,15H,3-12H2,1-2H3,(H,20,24)(H,21,27)/i1+1,2+1,9+1,13+1,15D,18+1,20+1. The van der Waals surface area contributed by atoms with Gasteiger partial charge in [-0.15, -0.1) is 5.06 Å². The molecule has 1 unspecified atom stereocenters. The molecule has 28 heavy (non-hydrogen) atoms. The number of hydroxylamine groups is 2. The Hall–Kier alpha value is -2.42. The van der Waals surface area contributed by atoms with Crippen molar-refractivity contribution in [3.63, 3.8) is 0 Å². The third kappa shape index (κ3) is 6.05. The molecule has 1 atom stereocenters. The monoisotopic (exact) mass is 401 g/mol. The molecule has 2 saturated heterocycles. The molecule has 156 valence electrons. The lowest BCUT2D eigenvalue weighted by Gasteiger charge is -2.27. The minimum Gasteiger partial charge on any atom is -0.355 e. The molecule has 2 heterocycles. The van der Waals surface area contributed by atoms with E-state index in [4.69, 9.17) is 6.21 Å². The highest BCUT2D eigenvalue weighted by Crippen LogP contribution is 2.21. The number of carbonyl (C=O) groups excluding carboxylic acids is 4. The maximum absolute atomic E-state index is 12.4. The van der Waals surface area contributed by atoms with E-state index < -0.39 is 17.9 Å². The summed E-state index contributed by atoms with van der Waals surface area (Å²) in [5.74, 6) is -1.67. The number of nitrogens with one attached hydrogen (secondary N) is 2. The van der Waals surface area contributed by atoms with Gasteiger partial charge in [-0.3, -0.25) is 19.3 Å². The van der Waals surface area contributed by atoms with Crippen LogP contribution in [0.5, 0.6) is 0 Å². The average Bonchev–Trinajstić information content (AvgIpc) is 3.20. The average molecular weight is 401 g/mol. The molecule has 3 amide bonds. The Bertz CT molecular complexity index is 668. The van der Waals surface area contributed by atoms with Crippen LogP contribution in [0.3, 0.4) is 0 Å². The Morgan fingerprint density at radius 2 is 1.96 bits per heavy atom. The van der Waals surface area contributed by atoms with Crippen LogP contribution in [0.25, 0.3) is 0 Å².